The van der Waals surface area contributed by atoms with Crippen molar-refractivity contribution >= 4 is 11.8 Å². The Hall–Kier alpha value is -1.55. The van der Waals surface area contributed by atoms with Crippen LogP contribution in [0.3, 0.4) is 0 Å². The van der Waals surface area contributed by atoms with Crippen LogP contribution in [0.2, 0.25) is 0 Å². The summed E-state index contributed by atoms with van der Waals surface area (Å²) in [7, 11) is 0. The second-order valence-corrected chi connectivity index (χ2v) is 4.91. The van der Waals surface area contributed by atoms with Crippen molar-refractivity contribution in [2.24, 2.45) is 5.92 Å². The van der Waals surface area contributed by atoms with E-state index in [1.165, 1.54) is 0 Å². The molecule has 18 heavy (non-hydrogen) atoms. The van der Waals surface area contributed by atoms with Crippen LogP contribution in [0.25, 0.3) is 0 Å². The summed E-state index contributed by atoms with van der Waals surface area (Å²) in [6.45, 7) is 5.17. The number of benzene rings is 1. The molecule has 4 nitrogen and oxygen atoms in total. The Kier molecular flexibility index (Phi) is 3.87. The van der Waals surface area contributed by atoms with E-state index < -0.39 is 0 Å². The van der Waals surface area contributed by atoms with Crippen molar-refractivity contribution in [1.29, 1.82) is 0 Å². The Morgan fingerprint density at radius 3 is 2.61 bits per heavy atom. The molecule has 0 spiro atoms. The van der Waals surface area contributed by atoms with Gasteiger partial charge in [-0.1, -0.05) is 6.07 Å². The fourth-order valence-electron chi connectivity index (χ4n) is 2.33. The van der Waals surface area contributed by atoms with Gasteiger partial charge in [-0.05, 0) is 43.5 Å². The topological polar surface area (TPSA) is 49.8 Å². The number of aryl methyl sites for hydroxylation is 2. The number of aliphatic hydroxyl groups is 1. The third-order valence-electron chi connectivity index (χ3n) is 3.16. The van der Waals surface area contributed by atoms with Crippen LogP contribution < -0.4 is 4.90 Å². The van der Waals surface area contributed by atoms with E-state index in [1.807, 2.05) is 26.0 Å². The molecule has 1 aromatic carbocycles. The average Bonchev–Trinajstić information content (AvgIpc) is 2.30. The molecule has 0 aliphatic carbocycles. The Morgan fingerprint density at radius 1 is 1.33 bits per heavy atom. The van der Waals surface area contributed by atoms with Gasteiger partial charge in [0.25, 0.3) is 0 Å². The number of anilines is 1. The lowest BCUT2D eigenvalue weighted by atomic mass is 10.0. The van der Waals surface area contributed by atoms with E-state index in [2.05, 4.69) is 6.07 Å². The number of cyclic esters (lactones) is 1. The molecule has 4 heteroatoms. The van der Waals surface area contributed by atoms with E-state index >= 15 is 0 Å². The molecule has 1 aliphatic heterocycles. The van der Waals surface area contributed by atoms with E-state index in [9.17, 15) is 4.79 Å². The molecule has 0 radical (unpaired) electrons. The molecule has 1 heterocycles. The summed E-state index contributed by atoms with van der Waals surface area (Å²) < 4.78 is 5.17. The molecule has 1 saturated heterocycles. The maximum Gasteiger partial charge on any atom is 0.414 e. The molecular weight excluding hydrogens is 230 g/mol. The van der Waals surface area contributed by atoms with Gasteiger partial charge in [0.05, 0.1) is 6.61 Å². The molecular formula is C14H19NO3. The van der Waals surface area contributed by atoms with Gasteiger partial charge in [-0.2, -0.15) is 0 Å². The number of amides is 1. The predicted molar refractivity (Wildman–Crippen MR) is 69.8 cm³/mol. The fourth-order valence-corrected chi connectivity index (χ4v) is 2.33. The standard InChI is InChI=1S/C14H19NO3/c1-10-5-11(2)7-13(6-10)15-8-12(3-4-16)9-18-14(15)17/h5-7,12,16H,3-4,8-9H2,1-2H3. The molecule has 0 bridgehead atoms. The van der Waals surface area contributed by atoms with Crippen LogP contribution >= 0.6 is 0 Å². The highest BCUT2D eigenvalue weighted by Crippen LogP contribution is 2.24. The fraction of sp³-hybridized carbons (Fsp3) is 0.500. The molecule has 0 aromatic heterocycles. The molecule has 1 aromatic rings. The van der Waals surface area contributed by atoms with Crippen LogP contribution in [-0.4, -0.2) is 31.0 Å². The maximum atomic E-state index is 11.8. The maximum absolute atomic E-state index is 11.8. The molecule has 0 saturated carbocycles. The zero-order valence-electron chi connectivity index (χ0n) is 10.8. The van der Waals surface area contributed by atoms with Crippen LogP contribution in [0.4, 0.5) is 10.5 Å². The molecule has 1 unspecified atom stereocenters. The summed E-state index contributed by atoms with van der Waals surface area (Å²) in [5.74, 6) is 0.202. The highest BCUT2D eigenvalue weighted by molar-refractivity contribution is 5.88. The van der Waals surface area contributed by atoms with Gasteiger partial charge >= 0.3 is 6.09 Å². The molecule has 98 valence electrons. The number of carbonyl (C=O) groups excluding carboxylic acids is 1. The minimum atomic E-state index is -0.297. The number of aliphatic hydroxyl groups excluding tert-OH is 1. The van der Waals surface area contributed by atoms with Crippen LogP contribution in [0.5, 0.6) is 0 Å². The third-order valence-corrected chi connectivity index (χ3v) is 3.16. The van der Waals surface area contributed by atoms with E-state index in [1.54, 1.807) is 4.90 Å². The molecule has 1 aliphatic rings. The van der Waals surface area contributed by atoms with Crippen molar-refractivity contribution in [2.75, 3.05) is 24.7 Å². The molecule has 1 atom stereocenters. The first kappa shape index (κ1) is 12.9. The second kappa shape index (κ2) is 5.40. The van der Waals surface area contributed by atoms with Crippen LogP contribution in [0.15, 0.2) is 18.2 Å². The number of hydrogen-bond acceptors (Lipinski definition) is 3. The van der Waals surface area contributed by atoms with Crippen molar-refractivity contribution in [1.82, 2.24) is 0 Å². The SMILES string of the molecule is Cc1cc(C)cc(N2CC(CCO)COC2=O)c1. The number of nitrogens with zero attached hydrogens (tertiary/aromatic N) is 1. The summed E-state index contributed by atoms with van der Waals surface area (Å²) in [5.41, 5.74) is 3.13. The van der Waals surface area contributed by atoms with Crippen molar-refractivity contribution in [3.05, 3.63) is 29.3 Å². The summed E-state index contributed by atoms with van der Waals surface area (Å²) in [6, 6.07) is 6.04. The summed E-state index contributed by atoms with van der Waals surface area (Å²) in [4.78, 5) is 13.5. The normalized spacial score (nSPS) is 19.8. The van der Waals surface area contributed by atoms with Gasteiger partial charge in [0.2, 0.25) is 0 Å². The van der Waals surface area contributed by atoms with E-state index in [-0.39, 0.29) is 18.6 Å². The van der Waals surface area contributed by atoms with Crippen LogP contribution in [0.1, 0.15) is 17.5 Å². The monoisotopic (exact) mass is 249 g/mol. The minimum absolute atomic E-state index is 0.128. The number of rotatable bonds is 3. The molecule has 1 amide bonds. The Balaban J connectivity index is 2.21. The first-order valence-electron chi connectivity index (χ1n) is 6.23. The Labute approximate surface area is 107 Å². The predicted octanol–water partition coefficient (Wildman–Crippen LogP) is 2.26. The first-order chi connectivity index (χ1) is 8.60. The first-order valence-corrected chi connectivity index (χ1v) is 6.23. The lowest BCUT2D eigenvalue weighted by molar-refractivity contribution is 0.104. The smallest absolute Gasteiger partial charge is 0.414 e. The van der Waals surface area contributed by atoms with E-state index in [0.717, 1.165) is 16.8 Å². The van der Waals surface area contributed by atoms with Crippen LogP contribution in [0, 0.1) is 19.8 Å². The molecule has 2 rings (SSSR count). The Bertz CT molecular complexity index is 424. The van der Waals surface area contributed by atoms with Crippen LogP contribution in [-0.2, 0) is 4.74 Å². The van der Waals surface area contributed by atoms with Crippen molar-refractivity contribution in [2.45, 2.75) is 20.3 Å². The highest BCUT2D eigenvalue weighted by atomic mass is 16.6. The number of ether oxygens (including phenoxy) is 1. The molecule has 1 N–H and O–H groups in total. The van der Waals surface area contributed by atoms with Crippen molar-refractivity contribution in [3.63, 3.8) is 0 Å². The second-order valence-electron chi connectivity index (χ2n) is 4.91. The van der Waals surface area contributed by atoms with Gasteiger partial charge in [0.1, 0.15) is 0 Å². The van der Waals surface area contributed by atoms with Gasteiger partial charge in [0, 0.05) is 24.8 Å². The lowest BCUT2D eigenvalue weighted by Gasteiger charge is -2.32. The zero-order chi connectivity index (χ0) is 13.1. The Morgan fingerprint density at radius 2 is 2.00 bits per heavy atom. The van der Waals surface area contributed by atoms with Gasteiger partial charge < -0.3 is 9.84 Å². The van der Waals surface area contributed by atoms with Gasteiger partial charge in [-0.25, -0.2) is 4.79 Å². The highest BCUT2D eigenvalue weighted by Gasteiger charge is 2.28. The molecule has 1 fully saturated rings. The van der Waals surface area contributed by atoms with Gasteiger partial charge in [-0.3, -0.25) is 4.90 Å². The number of carbonyl (C=O) groups is 1. The minimum Gasteiger partial charge on any atom is -0.449 e. The van der Waals surface area contributed by atoms with Gasteiger partial charge in [-0.15, -0.1) is 0 Å². The zero-order valence-corrected chi connectivity index (χ0v) is 10.8. The summed E-state index contributed by atoms with van der Waals surface area (Å²) in [6.07, 6.45) is 0.364. The quantitative estimate of drug-likeness (QED) is 0.894. The largest absolute Gasteiger partial charge is 0.449 e. The number of hydrogen-bond donors (Lipinski definition) is 1. The van der Waals surface area contributed by atoms with Crippen molar-refractivity contribution < 1.29 is 14.6 Å². The van der Waals surface area contributed by atoms with Crippen molar-refractivity contribution in [3.8, 4) is 0 Å². The van der Waals surface area contributed by atoms with Gasteiger partial charge in [0.15, 0.2) is 0 Å². The summed E-state index contributed by atoms with van der Waals surface area (Å²) >= 11 is 0. The van der Waals surface area contributed by atoms with E-state index in [0.29, 0.717) is 19.6 Å². The average molecular weight is 249 g/mol. The lowest BCUT2D eigenvalue weighted by Crippen LogP contribution is -2.43. The van der Waals surface area contributed by atoms with E-state index in [4.69, 9.17) is 9.84 Å². The summed E-state index contributed by atoms with van der Waals surface area (Å²) in [5, 5.41) is 8.97. The third kappa shape index (κ3) is 2.82.